The lowest BCUT2D eigenvalue weighted by Gasteiger charge is -2.34. The molecule has 1 fully saturated rings. The van der Waals surface area contributed by atoms with Crippen molar-refractivity contribution >= 4 is 33.9 Å². The number of aromatic amines is 1. The molecule has 0 radical (unpaired) electrons. The molecule has 1 aliphatic rings. The van der Waals surface area contributed by atoms with Crippen molar-refractivity contribution in [3.8, 4) is 12.3 Å². The smallest absolute Gasteiger partial charge is 0.275 e. The highest BCUT2D eigenvalue weighted by Gasteiger charge is 2.28. The number of halogens is 3. The van der Waals surface area contributed by atoms with Crippen LogP contribution in [0.5, 0.6) is 0 Å². The van der Waals surface area contributed by atoms with Gasteiger partial charge in [-0.2, -0.15) is 5.10 Å². The summed E-state index contributed by atoms with van der Waals surface area (Å²) in [6.45, 7) is 0.813. The number of nitrogens with zero attached hydrogens (tertiary/aromatic N) is 4. The first-order valence-electron chi connectivity index (χ1n) is 11.4. The number of terminal acetylenes is 1. The number of thiazole rings is 1. The first-order valence-corrected chi connectivity index (χ1v) is 12.3. The average Bonchev–Trinajstić information content (AvgIpc) is 3.41. The van der Waals surface area contributed by atoms with Gasteiger partial charge in [-0.15, -0.1) is 17.8 Å². The number of amides is 2. The van der Waals surface area contributed by atoms with E-state index < -0.39 is 34.3 Å². The van der Waals surface area contributed by atoms with Gasteiger partial charge in [0.1, 0.15) is 23.1 Å². The standard InChI is InChI=1S/C26H18F3N5O3S/c1-2-21-30-20(13-38-21)26(37)34-9-7-33(8-10-34)25(36)15-11-14(3-4-16(15)27)12-19-22-17(28)5-6-18(29)23(22)24(35)32-31-19/h1,3-6,11,13H,7-10,12H2,(H,32,35). The van der Waals surface area contributed by atoms with E-state index in [1.54, 1.807) is 10.3 Å². The second-order valence-corrected chi connectivity index (χ2v) is 9.39. The molecule has 0 unspecified atom stereocenters. The third-order valence-electron chi connectivity index (χ3n) is 6.25. The summed E-state index contributed by atoms with van der Waals surface area (Å²) in [5.41, 5.74) is -0.411. The van der Waals surface area contributed by atoms with Gasteiger partial charge in [-0.05, 0) is 35.7 Å². The fourth-order valence-corrected chi connectivity index (χ4v) is 4.93. The molecule has 1 saturated heterocycles. The Kier molecular flexibility index (Phi) is 6.69. The van der Waals surface area contributed by atoms with Gasteiger partial charge in [-0.25, -0.2) is 23.3 Å². The van der Waals surface area contributed by atoms with Crippen LogP contribution in [0.4, 0.5) is 13.2 Å². The van der Waals surface area contributed by atoms with Crippen LogP contribution in [0.15, 0.2) is 40.5 Å². The Hall–Kier alpha value is -4.50. The first-order chi connectivity index (χ1) is 18.3. The minimum atomic E-state index is -0.898. The molecule has 1 aliphatic heterocycles. The Labute approximate surface area is 217 Å². The summed E-state index contributed by atoms with van der Waals surface area (Å²) in [7, 11) is 0. The van der Waals surface area contributed by atoms with E-state index in [-0.39, 0.29) is 60.8 Å². The van der Waals surface area contributed by atoms with Crippen LogP contribution >= 0.6 is 11.3 Å². The highest BCUT2D eigenvalue weighted by Crippen LogP contribution is 2.24. The Morgan fingerprint density at radius 3 is 2.26 bits per heavy atom. The number of hydrogen-bond donors (Lipinski definition) is 1. The lowest BCUT2D eigenvalue weighted by atomic mass is 10.0. The molecule has 12 heteroatoms. The van der Waals surface area contributed by atoms with Crippen molar-refractivity contribution in [1.82, 2.24) is 25.0 Å². The summed E-state index contributed by atoms with van der Waals surface area (Å²) in [6, 6.07) is 5.58. The normalized spacial score (nSPS) is 13.5. The van der Waals surface area contributed by atoms with Crippen LogP contribution in [0.25, 0.3) is 10.8 Å². The van der Waals surface area contributed by atoms with Crippen LogP contribution in [0.1, 0.15) is 37.1 Å². The van der Waals surface area contributed by atoms with Gasteiger partial charge in [0.15, 0.2) is 5.01 Å². The van der Waals surface area contributed by atoms with Gasteiger partial charge in [0.05, 0.1) is 16.6 Å². The number of fused-ring (bicyclic) bond motifs is 1. The fraction of sp³-hybridized carbons (Fsp3) is 0.192. The van der Waals surface area contributed by atoms with Crippen molar-refractivity contribution in [3.05, 3.63) is 91.0 Å². The van der Waals surface area contributed by atoms with Gasteiger partial charge in [0, 0.05) is 43.4 Å². The summed E-state index contributed by atoms with van der Waals surface area (Å²) >= 11 is 1.19. The van der Waals surface area contributed by atoms with E-state index in [9.17, 15) is 27.6 Å². The summed E-state index contributed by atoms with van der Waals surface area (Å²) in [6.07, 6.45) is 5.21. The molecule has 1 N–H and O–H groups in total. The molecule has 5 rings (SSSR count). The molecule has 38 heavy (non-hydrogen) atoms. The molecule has 0 atom stereocenters. The minimum absolute atomic E-state index is 0.0313. The zero-order valence-corrected chi connectivity index (χ0v) is 20.4. The zero-order chi connectivity index (χ0) is 27.0. The lowest BCUT2D eigenvalue weighted by molar-refractivity contribution is 0.0530. The van der Waals surface area contributed by atoms with E-state index in [0.717, 1.165) is 18.2 Å². The van der Waals surface area contributed by atoms with Crippen molar-refractivity contribution in [2.24, 2.45) is 0 Å². The molecule has 2 aromatic heterocycles. The second kappa shape index (κ2) is 10.1. The fourth-order valence-electron chi connectivity index (χ4n) is 4.34. The van der Waals surface area contributed by atoms with Crippen molar-refractivity contribution in [1.29, 1.82) is 0 Å². The molecule has 2 aromatic carbocycles. The SMILES string of the molecule is C#Cc1nc(C(=O)N2CCN(C(=O)c3cc(Cc4n[nH]c(=O)c5c(F)ccc(F)c45)ccc3F)CC2)cs1. The molecule has 0 spiro atoms. The lowest BCUT2D eigenvalue weighted by Crippen LogP contribution is -2.50. The number of benzene rings is 2. The van der Waals surface area contributed by atoms with Crippen LogP contribution in [0.2, 0.25) is 0 Å². The molecule has 8 nitrogen and oxygen atoms in total. The van der Waals surface area contributed by atoms with E-state index in [2.05, 4.69) is 21.1 Å². The minimum Gasteiger partial charge on any atom is -0.335 e. The highest BCUT2D eigenvalue weighted by atomic mass is 32.1. The van der Waals surface area contributed by atoms with Crippen LogP contribution in [-0.2, 0) is 6.42 Å². The second-order valence-electron chi connectivity index (χ2n) is 8.54. The van der Waals surface area contributed by atoms with Gasteiger partial charge < -0.3 is 9.80 Å². The third kappa shape index (κ3) is 4.64. The Bertz CT molecular complexity index is 1690. The van der Waals surface area contributed by atoms with Gasteiger partial charge in [0.25, 0.3) is 17.4 Å². The number of carbonyl (C=O) groups excluding carboxylic acids is 2. The maximum absolute atomic E-state index is 14.7. The molecule has 0 bridgehead atoms. The molecule has 192 valence electrons. The molecule has 4 aromatic rings. The summed E-state index contributed by atoms with van der Waals surface area (Å²) in [5.74, 6) is -0.966. The Balaban J connectivity index is 1.34. The van der Waals surface area contributed by atoms with Gasteiger partial charge in [-0.3, -0.25) is 14.4 Å². The number of rotatable bonds is 4. The van der Waals surface area contributed by atoms with Crippen molar-refractivity contribution < 1.29 is 22.8 Å². The van der Waals surface area contributed by atoms with E-state index in [1.807, 2.05) is 0 Å². The molecule has 2 amide bonds. The molecule has 3 heterocycles. The third-order valence-corrected chi connectivity index (χ3v) is 7.02. The number of aromatic nitrogens is 3. The largest absolute Gasteiger partial charge is 0.335 e. The molecule has 0 saturated carbocycles. The number of nitrogens with one attached hydrogen (secondary N) is 1. The number of piperazine rings is 1. The van der Waals surface area contributed by atoms with E-state index in [1.165, 1.54) is 28.4 Å². The maximum Gasteiger partial charge on any atom is 0.275 e. The van der Waals surface area contributed by atoms with E-state index in [0.29, 0.717) is 10.6 Å². The first kappa shape index (κ1) is 25.2. The zero-order valence-electron chi connectivity index (χ0n) is 19.6. The number of carbonyl (C=O) groups is 2. The van der Waals surface area contributed by atoms with Gasteiger partial charge >= 0.3 is 0 Å². The topological polar surface area (TPSA) is 99.3 Å². The van der Waals surface area contributed by atoms with Crippen molar-refractivity contribution in [2.75, 3.05) is 26.2 Å². The van der Waals surface area contributed by atoms with E-state index >= 15 is 0 Å². The monoisotopic (exact) mass is 537 g/mol. The Morgan fingerprint density at radius 1 is 0.974 bits per heavy atom. The molecule has 0 aliphatic carbocycles. The van der Waals surface area contributed by atoms with Crippen LogP contribution in [0, 0.1) is 29.8 Å². The van der Waals surface area contributed by atoms with Gasteiger partial charge in [0.2, 0.25) is 0 Å². The Morgan fingerprint density at radius 2 is 1.61 bits per heavy atom. The number of hydrogen-bond acceptors (Lipinski definition) is 6. The van der Waals surface area contributed by atoms with Crippen molar-refractivity contribution in [3.63, 3.8) is 0 Å². The quantitative estimate of drug-likeness (QED) is 0.404. The summed E-state index contributed by atoms with van der Waals surface area (Å²) in [5, 5.41) is 7.25. The summed E-state index contributed by atoms with van der Waals surface area (Å²) < 4.78 is 43.4. The summed E-state index contributed by atoms with van der Waals surface area (Å²) in [4.78, 5) is 44.9. The maximum atomic E-state index is 14.7. The van der Waals surface area contributed by atoms with Crippen LogP contribution in [-0.4, -0.2) is 63.0 Å². The highest BCUT2D eigenvalue weighted by molar-refractivity contribution is 7.10. The van der Waals surface area contributed by atoms with Crippen LogP contribution in [0.3, 0.4) is 0 Å². The van der Waals surface area contributed by atoms with E-state index in [4.69, 9.17) is 6.42 Å². The predicted molar refractivity (Wildman–Crippen MR) is 133 cm³/mol. The van der Waals surface area contributed by atoms with Crippen molar-refractivity contribution in [2.45, 2.75) is 6.42 Å². The van der Waals surface area contributed by atoms with Gasteiger partial charge in [-0.1, -0.05) is 6.07 Å². The molecular formula is C26H18F3N5O3S. The number of H-pyrrole nitrogens is 1. The molecular weight excluding hydrogens is 519 g/mol. The van der Waals surface area contributed by atoms with Crippen LogP contribution < -0.4 is 5.56 Å². The average molecular weight is 538 g/mol. The predicted octanol–water partition coefficient (Wildman–Crippen LogP) is 2.97.